The first kappa shape index (κ1) is 19.5. The zero-order valence-electron chi connectivity index (χ0n) is 11.4. The van der Waals surface area contributed by atoms with Crippen molar-refractivity contribution in [3.8, 4) is 5.75 Å². The van der Waals surface area contributed by atoms with Crippen LogP contribution in [0.15, 0.2) is 24.3 Å². The minimum absolute atomic E-state index is 0. The Morgan fingerprint density at radius 3 is 2.38 bits per heavy atom. The van der Waals surface area contributed by atoms with Gasteiger partial charge in [-0.1, -0.05) is 6.92 Å². The number of hydrogen-bond donors (Lipinski definition) is 2. The van der Waals surface area contributed by atoms with Gasteiger partial charge in [0.05, 0.1) is 12.1 Å². The van der Waals surface area contributed by atoms with E-state index in [9.17, 15) is 18.0 Å². The summed E-state index contributed by atoms with van der Waals surface area (Å²) in [6.45, 7) is 2.40. The summed E-state index contributed by atoms with van der Waals surface area (Å²) in [5.74, 6) is -0.135. The fourth-order valence-electron chi connectivity index (χ4n) is 1.36. The first-order chi connectivity index (χ1) is 9.34. The van der Waals surface area contributed by atoms with E-state index in [2.05, 4.69) is 5.32 Å². The van der Waals surface area contributed by atoms with Crippen molar-refractivity contribution in [1.29, 1.82) is 0 Å². The minimum atomic E-state index is -4.36. The molecule has 1 atom stereocenters. The van der Waals surface area contributed by atoms with Crippen LogP contribution in [-0.4, -0.2) is 25.6 Å². The standard InChI is InChI=1S/C13H17F3N2O2.ClH/c1-9(8-17)12(19)18-6-7-20-11-4-2-10(3-5-11)13(14,15)16;/h2-5,9H,6-8,17H2,1H3,(H,18,19);1H. The molecule has 1 unspecified atom stereocenters. The molecule has 0 saturated heterocycles. The molecule has 1 aromatic rings. The average Bonchev–Trinajstić information content (AvgIpc) is 2.42. The van der Waals surface area contributed by atoms with Crippen molar-refractivity contribution >= 4 is 18.3 Å². The molecule has 0 aliphatic rings. The number of alkyl halides is 3. The fraction of sp³-hybridized carbons (Fsp3) is 0.462. The first-order valence-electron chi connectivity index (χ1n) is 6.12. The second-order valence-corrected chi connectivity index (χ2v) is 4.30. The number of nitrogens with two attached hydrogens (primary N) is 1. The molecule has 0 aliphatic heterocycles. The van der Waals surface area contributed by atoms with Crippen molar-refractivity contribution < 1.29 is 22.7 Å². The predicted octanol–water partition coefficient (Wildman–Crippen LogP) is 2.22. The van der Waals surface area contributed by atoms with Crippen molar-refractivity contribution in [3.63, 3.8) is 0 Å². The fourth-order valence-corrected chi connectivity index (χ4v) is 1.36. The van der Waals surface area contributed by atoms with Crippen LogP contribution in [0.4, 0.5) is 13.2 Å². The molecule has 0 aromatic heterocycles. The van der Waals surface area contributed by atoms with E-state index >= 15 is 0 Å². The summed E-state index contributed by atoms with van der Waals surface area (Å²) in [7, 11) is 0. The van der Waals surface area contributed by atoms with Crippen molar-refractivity contribution in [1.82, 2.24) is 5.32 Å². The summed E-state index contributed by atoms with van der Waals surface area (Å²) >= 11 is 0. The van der Waals surface area contributed by atoms with Gasteiger partial charge in [-0.05, 0) is 24.3 Å². The molecule has 4 nitrogen and oxygen atoms in total. The van der Waals surface area contributed by atoms with Gasteiger partial charge in [0, 0.05) is 12.5 Å². The predicted molar refractivity (Wildman–Crippen MR) is 75.4 cm³/mol. The zero-order chi connectivity index (χ0) is 15.2. The second kappa shape index (κ2) is 8.74. The smallest absolute Gasteiger partial charge is 0.416 e. The summed E-state index contributed by atoms with van der Waals surface area (Å²) < 4.78 is 42.2. The summed E-state index contributed by atoms with van der Waals surface area (Å²) in [5.41, 5.74) is 4.61. The van der Waals surface area contributed by atoms with Gasteiger partial charge < -0.3 is 15.8 Å². The lowest BCUT2D eigenvalue weighted by atomic mass is 10.2. The first-order valence-corrected chi connectivity index (χ1v) is 6.12. The lowest BCUT2D eigenvalue weighted by Gasteiger charge is -2.11. The molecule has 21 heavy (non-hydrogen) atoms. The van der Waals surface area contributed by atoms with Gasteiger partial charge in [0.1, 0.15) is 12.4 Å². The number of ether oxygens (including phenoxy) is 1. The van der Waals surface area contributed by atoms with Crippen molar-refractivity contribution in [2.45, 2.75) is 13.1 Å². The Labute approximate surface area is 127 Å². The number of hydrogen-bond acceptors (Lipinski definition) is 3. The van der Waals surface area contributed by atoms with Gasteiger partial charge in [-0.15, -0.1) is 12.4 Å². The lowest BCUT2D eigenvalue weighted by Crippen LogP contribution is -2.35. The van der Waals surface area contributed by atoms with Gasteiger partial charge >= 0.3 is 6.18 Å². The molecule has 0 spiro atoms. The van der Waals surface area contributed by atoms with Crippen molar-refractivity contribution in [3.05, 3.63) is 29.8 Å². The molecule has 0 fully saturated rings. The minimum Gasteiger partial charge on any atom is -0.492 e. The highest BCUT2D eigenvalue weighted by Crippen LogP contribution is 2.30. The van der Waals surface area contributed by atoms with Crippen LogP contribution in [0.1, 0.15) is 12.5 Å². The normalized spacial score (nSPS) is 12.2. The molecule has 0 radical (unpaired) electrons. The SMILES string of the molecule is CC(CN)C(=O)NCCOc1ccc(C(F)(F)F)cc1.Cl. The molecule has 1 aromatic carbocycles. The van der Waals surface area contributed by atoms with Crippen LogP contribution in [-0.2, 0) is 11.0 Å². The van der Waals surface area contributed by atoms with E-state index in [-0.39, 0.29) is 43.9 Å². The van der Waals surface area contributed by atoms with Gasteiger partial charge in [-0.3, -0.25) is 4.79 Å². The topological polar surface area (TPSA) is 64.4 Å². The van der Waals surface area contributed by atoms with Crippen LogP contribution >= 0.6 is 12.4 Å². The highest BCUT2D eigenvalue weighted by molar-refractivity contribution is 5.85. The lowest BCUT2D eigenvalue weighted by molar-refractivity contribution is -0.137. The van der Waals surface area contributed by atoms with E-state index in [1.807, 2.05) is 0 Å². The Balaban J connectivity index is 0.00000400. The molecule has 3 N–H and O–H groups in total. The summed E-state index contributed by atoms with van der Waals surface area (Å²) in [4.78, 5) is 11.4. The Morgan fingerprint density at radius 2 is 1.90 bits per heavy atom. The van der Waals surface area contributed by atoms with Crippen LogP contribution in [0.25, 0.3) is 0 Å². The Hall–Kier alpha value is -1.47. The van der Waals surface area contributed by atoms with E-state index in [1.54, 1.807) is 6.92 Å². The number of benzene rings is 1. The molecule has 1 rings (SSSR count). The molecule has 0 saturated carbocycles. The van der Waals surface area contributed by atoms with Gasteiger partial charge in [-0.25, -0.2) is 0 Å². The number of halogens is 4. The Morgan fingerprint density at radius 1 is 1.33 bits per heavy atom. The second-order valence-electron chi connectivity index (χ2n) is 4.30. The summed E-state index contributed by atoms with van der Waals surface area (Å²) in [6.07, 6.45) is -4.36. The van der Waals surface area contributed by atoms with Gasteiger partial charge in [0.2, 0.25) is 5.91 Å². The van der Waals surface area contributed by atoms with Crippen LogP contribution in [0.5, 0.6) is 5.75 Å². The quantitative estimate of drug-likeness (QED) is 0.788. The van der Waals surface area contributed by atoms with Crippen LogP contribution in [0, 0.1) is 5.92 Å². The van der Waals surface area contributed by atoms with Crippen molar-refractivity contribution in [2.24, 2.45) is 11.7 Å². The highest BCUT2D eigenvalue weighted by atomic mass is 35.5. The number of rotatable bonds is 6. The zero-order valence-corrected chi connectivity index (χ0v) is 12.3. The average molecular weight is 327 g/mol. The molecule has 8 heteroatoms. The van der Waals surface area contributed by atoms with E-state index in [0.717, 1.165) is 12.1 Å². The molecule has 120 valence electrons. The maximum Gasteiger partial charge on any atom is 0.416 e. The number of nitrogens with one attached hydrogen (secondary N) is 1. The molecule has 0 bridgehead atoms. The maximum atomic E-state index is 12.3. The van der Waals surface area contributed by atoms with E-state index in [1.165, 1.54) is 12.1 Å². The molecule has 0 heterocycles. The van der Waals surface area contributed by atoms with Crippen molar-refractivity contribution in [2.75, 3.05) is 19.7 Å². The van der Waals surface area contributed by atoms with E-state index in [4.69, 9.17) is 10.5 Å². The van der Waals surface area contributed by atoms with Gasteiger partial charge in [-0.2, -0.15) is 13.2 Å². The van der Waals surface area contributed by atoms with Gasteiger partial charge in [0.25, 0.3) is 0 Å². The number of carbonyl (C=O) groups is 1. The van der Waals surface area contributed by atoms with Gasteiger partial charge in [0.15, 0.2) is 0 Å². The summed E-state index contributed by atoms with van der Waals surface area (Å²) in [5, 5.41) is 2.62. The van der Waals surface area contributed by atoms with Crippen LogP contribution < -0.4 is 15.8 Å². The summed E-state index contributed by atoms with van der Waals surface area (Å²) in [6, 6.07) is 4.38. The number of carbonyl (C=O) groups excluding carboxylic acids is 1. The third kappa shape index (κ3) is 6.68. The largest absolute Gasteiger partial charge is 0.492 e. The Kier molecular flexibility index (Phi) is 8.12. The molecule has 1 amide bonds. The third-order valence-corrected chi connectivity index (χ3v) is 2.65. The number of amides is 1. The van der Waals surface area contributed by atoms with E-state index < -0.39 is 11.7 Å². The Bertz CT molecular complexity index is 438. The monoisotopic (exact) mass is 326 g/mol. The highest BCUT2D eigenvalue weighted by Gasteiger charge is 2.29. The molecular weight excluding hydrogens is 309 g/mol. The van der Waals surface area contributed by atoms with Crippen LogP contribution in [0.3, 0.4) is 0 Å². The van der Waals surface area contributed by atoms with E-state index in [0.29, 0.717) is 5.75 Å². The molecular formula is C13H18ClF3N2O2. The van der Waals surface area contributed by atoms with Crippen LogP contribution in [0.2, 0.25) is 0 Å². The molecule has 0 aliphatic carbocycles. The maximum absolute atomic E-state index is 12.3. The third-order valence-electron chi connectivity index (χ3n) is 2.65.